The quantitative estimate of drug-likeness (QED) is 0.837. The fourth-order valence-corrected chi connectivity index (χ4v) is 2.06. The number of benzene rings is 1. The lowest BCUT2D eigenvalue weighted by Gasteiger charge is -2.30. The fourth-order valence-electron chi connectivity index (χ4n) is 2.06. The maximum absolute atomic E-state index is 13.6. The van der Waals surface area contributed by atoms with Crippen molar-refractivity contribution in [3.63, 3.8) is 0 Å². The van der Waals surface area contributed by atoms with E-state index in [9.17, 15) is 18.0 Å². The molecule has 0 bridgehead atoms. The topological polar surface area (TPSA) is 29.5 Å². The molecule has 0 saturated carbocycles. The van der Waals surface area contributed by atoms with Gasteiger partial charge in [-0.3, -0.25) is 4.79 Å². The number of para-hydroxylation sites is 1. The number of nitrogens with zero attached hydrogens (tertiary/aromatic N) is 1. The van der Waals surface area contributed by atoms with Crippen molar-refractivity contribution >= 4 is 5.91 Å². The molecular formula is C14H16F3NO2. The lowest BCUT2D eigenvalue weighted by Crippen LogP contribution is -2.45. The van der Waals surface area contributed by atoms with E-state index in [1.54, 1.807) is 6.07 Å². The molecule has 110 valence electrons. The van der Waals surface area contributed by atoms with Crippen LogP contribution in [-0.2, 0) is 11.3 Å². The van der Waals surface area contributed by atoms with Crippen LogP contribution in [0.2, 0.25) is 0 Å². The lowest BCUT2D eigenvalue weighted by molar-refractivity contribution is -0.149. The summed E-state index contributed by atoms with van der Waals surface area (Å²) in [5.74, 6) is -1.07. The zero-order chi connectivity index (χ0) is 14.9. The number of amides is 1. The molecule has 1 amide bonds. The predicted octanol–water partition coefficient (Wildman–Crippen LogP) is 2.84. The van der Waals surface area contributed by atoms with E-state index in [2.05, 4.69) is 0 Å². The Hall–Kier alpha value is -1.72. The van der Waals surface area contributed by atoms with Gasteiger partial charge in [-0.25, -0.2) is 13.2 Å². The van der Waals surface area contributed by atoms with Crippen LogP contribution < -0.4 is 4.74 Å². The molecule has 0 spiro atoms. The SMILES string of the molecule is CC(C)(C(=O)N1CCOc2c(F)cccc2C1)C(F)F. The van der Waals surface area contributed by atoms with E-state index in [0.29, 0.717) is 5.56 Å². The highest BCUT2D eigenvalue weighted by molar-refractivity contribution is 5.82. The number of fused-ring (bicyclic) bond motifs is 1. The van der Waals surface area contributed by atoms with E-state index in [4.69, 9.17) is 4.74 Å². The minimum Gasteiger partial charge on any atom is -0.488 e. The van der Waals surface area contributed by atoms with Gasteiger partial charge in [-0.1, -0.05) is 12.1 Å². The molecule has 0 N–H and O–H groups in total. The van der Waals surface area contributed by atoms with Gasteiger partial charge >= 0.3 is 0 Å². The van der Waals surface area contributed by atoms with E-state index in [0.717, 1.165) is 0 Å². The van der Waals surface area contributed by atoms with Gasteiger partial charge in [-0.15, -0.1) is 0 Å². The second-order valence-corrected chi connectivity index (χ2v) is 5.33. The minimum absolute atomic E-state index is 0.0715. The van der Waals surface area contributed by atoms with Crippen molar-refractivity contribution < 1.29 is 22.7 Å². The minimum atomic E-state index is -2.76. The van der Waals surface area contributed by atoms with E-state index < -0.39 is 23.6 Å². The molecule has 1 aliphatic rings. The summed E-state index contributed by atoms with van der Waals surface area (Å²) in [6.45, 7) is 2.72. The highest BCUT2D eigenvalue weighted by Crippen LogP contribution is 2.31. The highest BCUT2D eigenvalue weighted by atomic mass is 19.3. The number of ether oxygens (including phenoxy) is 1. The standard InChI is InChI=1S/C14H16F3NO2/c1-14(2,12(16)17)13(19)18-6-7-20-11-9(8-18)4-3-5-10(11)15/h3-5,12H,6-8H2,1-2H3. The molecule has 6 heteroatoms. The Morgan fingerprint density at radius 3 is 2.75 bits per heavy atom. The molecule has 0 atom stereocenters. The van der Waals surface area contributed by atoms with Crippen molar-refractivity contribution in [3.05, 3.63) is 29.6 Å². The van der Waals surface area contributed by atoms with Crippen molar-refractivity contribution in [2.45, 2.75) is 26.8 Å². The summed E-state index contributed by atoms with van der Waals surface area (Å²) in [6, 6.07) is 4.39. The molecule has 0 unspecified atom stereocenters. The van der Waals surface area contributed by atoms with Crippen LogP contribution in [0.3, 0.4) is 0 Å². The summed E-state index contributed by atoms with van der Waals surface area (Å²) >= 11 is 0. The normalized spacial score (nSPS) is 15.6. The third kappa shape index (κ3) is 2.59. The number of alkyl halides is 2. The summed E-state index contributed by atoms with van der Waals surface area (Å²) in [7, 11) is 0. The van der Waals surface area contributed by atoms with Crippen LogP contribution in [0.25, 0.3) is 0 Å². The van der Waals surface area contributed by atoms with Crippen LogP contribution in [0.1, 0.15) is 19.4 Å². The molecule has 1 aromatic carbocycles. The Morgan fingerprint density at radius 2 is 2.10 bits per heavy atom. The zero-order valence-electron chi connectivity index (χ0n) is 11.3. The second-order valence-electron chi connectivity index (χ2n) is 5.33. The number of hydrogen-bond acceptors (Lipinski definition) is 2. The third-order valence-corrected chi connectivity index (χ3v) is 3.40. The molecule has 0 radical (unpaired) electrons. The second kappa shape index (κ2) is 5.34. The van der Waals surface area contributed by atoms with Crippen LogP contribution in [0.4, 0.5) is 13.2 Å². The summed E-state index contributed by atoms with van der Waals surface area (Å²) in [5.41, 5.74) is -1.28. The average Bonchev–Trinajstić information content (AvgIpc) is 2.60. The Kier molecular flexibility index (Phi) is 3.92. The summed E-state index contributed by atoms with van der Waals surface area (Å²) in [6.07, 6.45) is -2.76. The van der Waals surface area contributed by atoms with E-state index >= 15 is 0 Å². The van der Waals surface area contributed by atoms with Gasteiger partial charge in [0.15, 0.2) is 11.6 Å². The van der Waals surface area contributed by atoms with E-state index in [-0.39, 0.29) is 25.4 Å². The first-order chi connectivity index (χ1) is 9.34. The number of carbonyl (C=O) groups is 1. The van der Waals surface area contributed by atoms with Gasteiger partial charge in [0.2, 0.25) is 5.91 Å². The van der Waals surface area contributed by atoms with Gasteiger partial charge < -0.3 is 9.64 Å². The Balaban J connectivity index is 2.26. The Bertz CT molecular complexity index is 517. The number of halogens is 3. The summed E-state index contributed by atoms with van der Waals surface area (Å²) < 4.78 is 44.8. The molecule has 1 aromatic rings. The molecule has 0 fully saturated rings. The predicted molar refractivity (Wildman–Crippen MR) is 67.1 cm³/mol. The molecule has 3 nitrogen and oxygen atoms in total. The largest absolute Gasteiger partial charge is 0.488 e. The molecule has 0 saturated heterocycles. The average molecular weight is 287 g/mol. The van der Waals surface area contributed by atoms with Gasteiger partial charge in [-0.05, 0) is 19.9 Å². The first-order valence-corrected chi connectivity index (χ1v) is 6.31. The smallest absolute Gasteiger partial charge is 0.252 e. The van der Waals surface area contributed by atoms with Gasteiger partial charge in [0, 0.05) is 12.1 Å². The fraction of sp³-hybridized carbons (Fsp3) is 0.500. The molecule has 1 heterocycles. The summed E-state index contributed by atoms with van der Waals surface area (Å²) in [4.78, 5) is 13.5. The molecule has 0 aromatic heterocycles. The van der Waals surface area contributed by atoms with Crippen molar-refractivity contribution in [1.82, 2.24) is 4.90 Å². The van der Waals surface area contributed by atoms with Crippen molar-refractivity contribution in [3.8, 4) is 5.75 Å². The van der Waals surface area contributed by atoms with Gasteiger partial charge in [0.1, 0.15) is 12.0 Å². The maximum atomic E-state index is 13.6. The monoisotopic (exact) mass is 287 g/mol. The molecular weight excluding hydrogens is 271 g/mol. The van der Waals surface area contributed by atoms with Crippen LogP contribution in [0.15, 0.2) is 18.2 Å². The third-order valence-electron chi connectivity index (χ3n) is 3.40. The van der Waals surface area contributed by atoms with Crippen LogP contribution in [0.5, 0.6) is 5.75 Å². The van der Waals surface area contributed by atoms with Crippen LogP contribution in [-0.4, -0.2) is 30.4 Å². The molecule has 20 heavy (non-hydrogen) atoms. The van der Waals surface area contributed by atoms with Gasteiger partial charge in [0.05, 0.1) is 6.54 Å². The van der Waals surface area contributed by atoms with E-state index in [1.165, 1.54) is 30.9 Å². The Labute approximate surface area is 115 Å². The van der Waals surface area contributed by atoms with E-state index in [1.807, 2.05) is 0 Å². The molecule has 2 rings (SSSR count). The van der Waals surface area contributed by atoms with Crippen molar-refractivity contribution in [2.75, 3.05) is 13.2 Å². The number of carbonyl (C=O) groups excluding carboxylic acids is 1. The van der Waals surface area contributed by atoms with Gasteiger partial charge in [0.25, 0.3) is 6.43 Å². The Morgan fingerprint density at radius 1 is 1.40 bits per heavy atom. The lowest BCUT2D eigenvalue weighted by atomic mass is 9.92. The number of rotatable bonds is 2. The van der Waals surface area contributed by atoms with Crippen molar-refractivity contribution in [2.24, 2.45) is 5.41 Å². The number of hydrogen-bond donors (Lipinski definition) is 0. The first-order valence-electron chi connectivity index (χ1n) is 6.31. The van der Waals surface area contributed by atoms with Crippen LogP contribution >= 0.6 is 0 Å². The molecule has 1 aliphatic heterocycles. The maximum Gasteiger partial charge on any atom is 0.252 e. The van der Waals surface area contributed by atoms with Crippen molar-refractivity contribution in [1.29, 1.82) is 0 Å². The first kappa shape index (κ1) is 14.7. The highest BCUT2D eigenvalue weighted by Gasteiger charge is 2.41. The van der Waals surface area contributed by atoms with Gasteiger partial charge in [-0.2, -0.15) is 0 Å². The summed E-state index contributed by atoms with van der Waals surface area (Å²) in [5, 5.41) is 0. The molecule has 0 aliphatic carbocycles. The zero-order valence-corrected chi connectivity index (χ0v) is 11.3. The van der Waals surface area contributed by atoms with Crippen LogP contribution in [0, 0.1) is 11.2 Å².